The van der Waals surface area contributed by atoms with E-state index in [2.05, 4.69) is 4.98 Å². The molecule has 2 aromatic rings. The number of aryl methyl sites for hydroxylation is 1. The number of rotatable bonds is 1. The molecule has 1 aromatic carbocycles. The summed E-state index contributed by atoms with van der Waals surface area (Å²) in [6, 6.07) is 4.99. The number of H-pyrrole nitrogens is 1. The molecule has 78 valence electrons. The predicted octanol–water partition coefficient (Wildman–Crippen LogP) is 2.78. The van der Waals surface area contributed by atoms with E-state index >= 15 is 0 Å². The van der Waals surface area contributed by atoms with Gasteiger partial charge < -0.3 is 4.98 Å². The minimum Gasteiger partial charge on any atom is -0.310 e. The summed E-state index contributed by atoms with van der Waals surface area (Å²) in [5, 5.41) is 1.01. The number of aromatic amines is 1. The highest BCUT2D eigenvalue weighted by molar-refractivity contribution is 6.34. The Balaban J connectivity index is 2.63. The third-order valence-corrected chi connectivity index (χ3v) is 2.41. The second-order valence-electron chi connectivity index (χ2n) is 3.24. The lowest BCUT2D eigenvalue weighted by Gasteiger charge is -2.02. The molecule has 0 atom stereocenters. The molecule has 1 aromatic heterocycles. The molecule has 0 spiro atoms. The normalized spacial score (nSPS) is 10.6. The summed E-state index contributed by atoms with van der Waals surface area (Å²) in [5.74, 6) is 0. The zero-order chi connectivity index (χ0) is 11.0. The first-order valence-corrected chi connectivity index (χ1v) is 5.06. The van der Waals surface area contributed by atoms with Gasteiger partial charge in [-0.25, -0.2) is 4.79 Å². The molecule has 0 aliphatic heterocycles. The van der Waals surface area contributed by atoms with Crippen molar-refractivity contribution in [2.24, 2.45) is 0 Å². The van der Waals surface area contributed by atoms with Crippen molar-refractivity contribution in [3.8, 4) is 5.69 Å². The minimum atomic E-state index is -0.203. The van der Waals surface area contributed by atoms with Crippen LogP contribution in [0.25, 0.3) is 5.69 Å². The molecule has 0 aliphatic rings. The van der Waals surface area contributed by atoms with Crippen LogP contribution < -0.4 is 5.69 Å². The Morgan fingerprint density at radius 1 is 1.20 bits per heavy atom. The Labute approximate surface area is 96.3 Å². The Hall–Kier alpha value is -1.19. The summed E-state index contributed by atoms with van der Waals surface area (Å²) in [6.07, 6.45) is 1.70. The lowest BCUT2D eigenvalue weighted by atomic mass is 10.3. The van der Waals surface area contributed by atoms with Gasteiger partial charge in [-0.15, -0.1) is 0 Å². The van der Waals surface area contributed by atoms with Gasteiger partial charge in [0.2, 0.25) is 0 Å². The first-order valence-electron chi connectivity index (χ1n) is 4.31. The molecule has 0 radical (unpaired) electrons. The van der Waals surface area contributed by atoms with Gasteiger partial charge in [-0.3, -0.25) is 4.57 Å². The number of imidazole rings is 1. The SMILES string of the molecule is Cc1cn(-c2cc(Cl)cc(Cl)c2)c(=O)[nH]1. The maximum atomic E-state index is 11.5. The molecule has 0 aliphatic carbocycles. The van der Waals surface area contributed by atoms with Crippen molar-refractivity contribution in [3.05, 3.63) is 50.6 Å². The van der Waals surface area contributed by atoms with Crippen molar-refractivity contribution >= 4 is 23.2 Å². The van der Waals surface area contributed by atoms with Crippen molar-refractivity contribution in [3.63, 3.8) is 0 Å². The number of hydrogen-bond donors (Lipinski definition) is 1. The van der Waals surface area contributed by atoms with Crippen LogP contribution in [-0.4, -0.2) is 9.55 Å². The van der Waals surface area contributed by atoms with Gasteiger partial charge in [0.15, 0.2) is 0 Å². The monoisotopic (exact) mass is 242 g/mol. The Bertz CT molecular complexity index is 537. The third kappa shape index (κ3) is 2.08. The number of nitrogens with zero attached hydrogens (tertiary/aromatic N) is 1. The van der Waals surface area contributed by atoms with Crippen LogP contribution in [-0.2, 0) is 0 Å². The number of benzene rings is 1. The molecule has 1 heterocycles. The van der Waals surface area contributed by atoms with Crippen molar-refractivity contribution in [1.82, 2.24) is 9.55 Å². The molecule has 5 heteroatoms. The lowest BCUT2D eigenvalue weighted by Crippen LogP contribution is -2.13. The number of aromatic nitrogens is 2. The zero-order valence-electron chi connectivity index (χ0n) is 7.92. The highest BCUT2D eigenvalue weighted by Crippen LogP contribution is 2.20. The Morgan fingerprint density at radius 2 is 1.80 bits per heavy atom. The van der Waals surface area contributed by atoms with Gasteiger partial charge in [-0.2, -0.15) is 0 Å². The van der Waals surface area contributed by atoms with Crippen LogP contribution in [0.2, 0.25) is 10.0 Å². The molecular weight excluding hydrogens is 235 g/mol. The first-order chi connectivity index (χ1) is 7.06. The maximum Gasteiger partial charge on any atom is 0.330 e. The fourth-order valence-electron chi connectivity index (χ4n) is 1.38. The predicted molar refractivity (Wildman–Crippen MR) is 61.1 cm³/mol. The van der Waals surface area contributed by atoms with Crippen molar-refractivity contribution in [2.45, 2.75) is 6.92 Å². The van der Waals surface area contributed by atoms with Crippen molar-refractivity contribution < 1.29 is 0 Å². The highest BCUT2D eigenvalue weighted by Gasteiger charge is 2.04. The maximum absolute atomic E-state index is 11.5. The molecule has 0 saturated heterocycles. The average Bonchev–Trinajstić information content (AvgIpc) is 2.43. The second-order valence-corrected chi connectivity index (χ2v) is 4.11. The van der Waals surface area contributed by atoms with Gasteiger partial charge in [-0.1, -0.05) is 23.2 Å². The standard InChI is InChI=1S/C10H8Cl2N2O/c1-6-5-14(10(15)13-6)9-3-7(11)2-8(12)4-9/h2-5H,1H3,(H,13,15). The van der Waals surface area contributed by atoms with E-state index in [0.717, 1.165) is 5.69 Å². The summed E-state index contributed by atoms with van der Waals surface area (Å²) in [4.78, 5) is 14.2. The van der Waals surface area contributed by atoms with E-state index in [1.807, 2.05) is 6.92 Å². The van der Waals surface area contributed by atoms with Gasteiger partial charge in [0.1, 0.15) is 0 Å². The van der Waals surface area contributed by atoms with Crippen LogP contribution in [0.15, 0.2) is 29.2 Å². The molecular formula is C10H8Cl2N2O. The summed E-state index contributed by atoms with van der Waals surface area (Å²) < 4.78 is 1.47. The Morgan fingerprint density at radius 3 is 2.27 bits per heavy atom. The van der Waals surface area contributed by atoms with Crippen LogP contribution in [0.4, 0.5) is 0 Å². The fraction of sp³-hybridized carbons (Fsp3) is 0.100. The minimum absolute atomic E-state index is 0.203. The van der Waals surface area contributed by atoms with Gasteiger partial charge >= 0.3 is 5.69 Å². The Kier molecular flexibility index (Phi) is 2.59. The summed E-state index contributed by atoms with van der Waals surface area (Å²) in [6.45, 7) is 1.81. The van der Waals surface area contributed by atoms with E-state index in [1.165, 1.54) is 4.57 Å². The van der Waals surface area contributed by atoms with Crippen LogP contribution in [0, 0.1) is 6.92 Å². The molecule has 3 nitrogen and oxygen atoms in total. The average molecular weight is 243 g/mol. The van der Waals surface area contributed by atoms with E-state index < -0.39 is 0 Å². The quantitative estimate of drug-likeness (QED) is 0.821. The molecule has 0 bridgehead atoms. The third-order valence-electron chi connectivity index (χ3n) is 1.97. The van der Waals surface area contributed by atoms with Gasteiger partial charge in [0, 0.05) is 21.9 Å². The second kappa shape index (κ2) is 3.76. The number of nitrogens with one attached hydrogen (secondary N) is 1. The van der Waals surface area contributed by atoms with Gasteiger partial charge in [-0.05, 0) is 25.1 Å². The van der Waals surface area contributed by atoms with Crippen LogP contribution in [0.5, 0.6) is 0 Å². The number of hydrogen-bond acceptors (Lipinski definition) is 1. The highest BCUT2D eigenvalue weighted by atomic mass is 35.5. The smallest absolute Gasteiger partial charge is 0.310 e. The molecule has 1 N–H and O–H groups in total. The van der Waals surface area contributed by atoms with E-state index in [-0.39, 0.29) is 5.69 Å². The molecule has 0 amide bonds. The number of halogens is 2. The largest absolute Gasteiger partial charge is 0.330 e. The summed E-state index contributed by atoms with van der Waals surface area (Å²) in [5.41, 5.74) is 1.24. The fourth-order valence-corrected chi connectivity index (χ4v) is 1.90. The first kappa shape index (κ1) is 10.3. The van der Waals surface area contributed by atoms with Crippen LogP contribution in [0.1, 0.15) is 5.69 Å². The summed E-state index contributed by atoms with van der Waals surface area (Å²) in [7, 11) is 0. The van der Waals surface area contributed by atoms with E-state index in [4.69, 9.17) is 23.2 Å². The van der Waals surface area contributed by atoms with Crippen LogP contribution >= 0.6 is 23.2 Å². The molecule has 0 saturated carbocycles. The molecule has 2 rings (SSSR count). The molecule has 0 unspecified atom stereocenters. The lowest BCUT2D eigenvalue weighted by molar-refractivity contribution is 0.987. The van der Waals surface area contributed by atoms with Crippen LogP contribution in [0.3, 0.4) is 0 Å². The zero-order valence-corrected chi connectivity index (χ0v) is 9.43. The van der Waals surface area contributed by atoms with E-state index in [1.54, 1.807) is 24.4 Å². The van der Waals surface area contributed by atoms with Crippen molar-refractivity contribution in [1.29, 1.82) is 0 Å². The van der Waals surface area contributed by atoms with E-state index in [0.29, 0.717) is 15.7 Å². The molecule has 15 heavy (non-hydrogen) atoms. The van der Waals surface area contributed by atoms with Crippen molar-refractivity contribution in [2.75, 3.05) is 0 Å². The topological polar surface area (TPSA) is 37.8 Å². The van der Waals surface area contributed by atoms with Gasteiger partial charge in [0.25, 0.3) is 0 Å². The van der Waals surface area contributed by atoms with E-state index in [9.17, 15) is 4.79 Å². The summed E-state index contributed by atoms with van der Waals surface area (Å²) >= 11 is 11.7. The molecule has 0 fully saturated rings. The van der Waals surface area contributed by atoms with Gasteiger partial charge in [0.05, 0.1) is 5.69 Å².